The van der Waals surface area contributed by atoms with Crippen molar-refractivity contribution in [1.29, 1.82) is 0 Å². The Morgan fingerprint density at radius 2 is 1.91 bits per heavy atom. The summed E-state index contributed by atoms with van der Waals surface area (Å²) < 4.78 is 16.4. The molecular weight excluding hydrogens is 280 g/mol. The molecule has 0 amide bonds. The molecule has 1 aliphatic rings. The first kappa shape index (κ1) is 14.2. The Kier molecular flexibility index (Phi) is 4.10. The van der Waals surface area contributed by atoms with Crippen LogP contribution < -0.4 is 14.2 Å². The van der Waals surface area contributed by atoms with Gasteiger partial charge in [0.1, 0.15) is 13.2 Å². The summed E-state index contributed by atoms with van der Waals surface area (Å²) in [6.07, 6.45) is 3.29. The van der Waals surface area contributed by atoms with Gasteiger partial charge in [-0.2, -0.15) is 0 Å². The summed E-state index contributed by atoms with van der Waals surface area (Å²) in [4.78, 5) is 12.1. The summed E-state index contributed by atoms with van der Waals surface area (Å²) in [5, 5.41) is 0. The van der Waals surface area contributed by atoms with Crippen molar-refractivity contribution < 1.29 is 19.0 Å². The molecule has 0 fully saturated rings. The maximum atomic E-state index is 12.1. The van der Waals surface area contributed by atoms with Crippen LogP contribution in [-0.4, -0.2) is 26.1 Å². The molecule has 1 aliphatic heterocycles. The van der Waals surface area contributed by atoms with Gasteiger partial charge in [0.05, 0.1) is 7.11 Å². The Bertz CT molecular complexity index is 687. The zero-order valence-electron chi connectivity index (χ0n) is 12.2. The fourth-order valence-corrected chi connectivity index (χ4v) is 2.26. The number of benzene rings is 2. The summed E-state index contributed by atoms with van der Waals surface area (Å²) in [5.74, 6) is 1.80. The quantitative estimate of drug-likeness (QED) is 0.641. The van der Waals surface area contributed by atoms with E-state index in [1.807, 2.05) is 30.3 Å². The van der Waals surface area contributed by atoms with Gasteiger partial charge in [-0.05, 0) is 23.8 Å². The third kappa shape index (κ3) is 2.96. The van der Waals surface area contributed by atoms with Crippen molar-refractivity contribution in [3.63, 3.8) is 0 Å². The summed E-state index contributed by atoms with van der Waals surface area (Å²) in [6, 6.07) is 12.8. The van der Waals surface area contributed by atoms with Crippen molar-refractivity contribution in [3.05, 3.63) is 59.7 Å². The Labute approximate surface area is 128 Å². The monoisotopic (exact) mass is 296 g/mol. The minimum atomic E-state index is -0.0468. The van der Waals surface area contributed by atoms with Gasteiger partial charge in [0.15, 0.2) is 17.3 Å². The number of ketones is 1. The van der Waals surface area contributed by atoms with Crippen LogP contribution in [0.25, 0.3) is 6.08 Å². The molecule has 0 atom stereocenters. The lowest BCUT2D eigenvalue weighted by Gasteiger charge is -2.20. The molecule has 112 valence electrons. The summed E-state index contributed by atoms with van der Waals surface area (Å²) in [7, 11) is 1.58. The van der Waals surface area contributed by atoms with Crippen molar-refractivity contribution in [2.24, 2.45) is 0 Å². The second kappa shape index (κ2) is 6.35. The molecule has 0 aliphatic carbocycles. The van der Waals surface area contributed by atoms with Crippen molar-refractivity contribution in [3.8, 4) is 17.2 Å². The van der Waals surface area contributed by atoms with Crippen LogP contribution in [0.2, 0.25) is 0 Å². The number of fused-ring (bicyclic) bond motifs is 1. The van der Waals surface area contributed by atoms with E-state index in [-0.39, 0.29) is 5.78 Å². The predicted octanol–water partition coefficient (Wildman–Crippen LogP) is 3.36. The molecule has 0 radical (unpaired) electrons. The summed E-state index contributed by atoms with van der Waals surface area (Å²) >= 11 is 0. The van der Waals surface area contributed by atoms with E-state index in [1.165, 1.54) is 0 Å². The minimum Gasteiger partial charge on any atom is -0.493 e. The SMILES string of the molecule is COc1cc(/C=C/C(=O)c2ccccc2)cc2c1OCCO2. The van der Waals surface area contributed by atoms with Gasteiger partial charge in [-0.15, -0.1) is 0 Å². The van der Waals surface area contributed by atoms with Crippen LogP contribution in [0.3, 0.4) is 0 Å². The van der Waals surface area contributed by atoms with Crippen molar-refractivity contribution in [2.45, 2.75) is 0 Å². The smallest absolute Gasteiger partial charge is 0.203 e. The highest BCUT2D eigenvalue weighted by Gasteiger charge is 2.17. The average molecular weight is 296 g/mol. The average Bonchev–Trinajstić information content (AvgIpc) is 2.59. The first-order valence-electron chi connectivity index (χ1n) is 7.03. The van der Waals surface area contributed by atoms with Crippen molar-refractivity contribution in [1.82, 2.24) is 0 Å². The summed E-state index contributed by atoms with van der Waals surface area (Å²) in [6.45, 7) is 1.01. The Hall–Kier alpha value is -2.75. The third-order valence-electron chi connectivity index (χ3n) is 3.34. The number of hydrogen-bond donors (Lipinski definition) is 0. The highest BCUT2D eigenvalue weighted by Crippen LogP contribution is 2.40. The van der Waals surface area contributed by atoms with Gasteiger partial charge in [0, 0.05) is 5.56 Å². The number of allylic oxidation sites excluding steroid dienone is 1. The first-order valence-corrected chi connectivity index (χ1v) is 7.03. The number of carbonyl (C=O) groups is 1. The number of hydrogen-bond acceptors (Lipinski definition) is 4. The number of methoxy groups -OCH3 is 1. The molecule has 0 N–H and O–H groups in total. The Morgan fingerprint density at radius 1 is 1.14 bits per heavy atom. The molecule has 2 aromatic carbocycles. The van der Waals surface area contributed by atoms with Crippen LogP contribution in [0.4, 0.5) is 0 Å². The molecule has 0 saturated carbocycles. The molecule has 4 nitrogen and oxygen atoms in total. The predicted molar refractivity (Wildman–Crippen MR) is 83.8 cm³/mol. The molecular formula is C18H16O4. The van der Waals surface area contributed by atoms with E-state index < -0.39 is 0 Å². The number of rotatable bonds is 4. The van der Waals surface area contributed by atoms with Crippen LogP contribution in [0.1, 0.15) is 15.9 Å². The standard InChI is InChI=1S/C18H16O4/c1-20-16-11-13(12-17-18(16)22-10-9-21-17)7-8-15(19)14-5-3-2-4-6-14/h2-8,11-12H,9-10H2,1H3/b8-7+. The lowest BCUT2D eigenvalue weighted by atomic mass is 10.1. The molecule has 3 rings (SSSR count). The van der Waals surface area contributed by atoms with Gasteiger partial charge in [-0.3, -0.25) is 4.79 Å². The van der Waals surface area contributed by atoms with E-state index >= 15 is 0 Å². The van der Waals surface area contributed by atoms with Crippen LogP contribution in [-0.2, 0) is 0 Å². The normalized spacial score (nSPS) is 13.1. The second-order valence-electron chi connectivity index (χ2n) is 4.81. The fraction of sp³-hybridized carbons (Fsp3) is 0.167. The zero-order valence-corrected chi connectivity index (χ0v) is 12.2. The molecule has 0 spiro atoms. The maximum Gasteiger partial charge on any atom is 0.203 e. The zero-order chi connectivity index (χ0) is 15.4. The van der Waals surface area contributed by atoms with Crippen LogP contribution in [0.5, 0.6) is 17.2 Å². The Balaban J connectivity index is 1.86. The van der Waals surface area contributed by atoms with Crippen molar-refractivity contribution >= 4 is 11.9 Å². The molecule has 0 aromatic heterocycles. The molecule has 2 aromatic rings. The number of ether oxygens (including phenoxy) is 3. The molecule has 4 heteroatoms. The van der Waals surface area contributed by atoms with Gasteiger partial charge in [-0.25, -0.2) is 0 Å². The van der Waals surface area contributed by atoms with Gasteiger partial charge in [0.25, 0.3) is 0 Å². The molecule has 22 heavy (non-hydrogen) atoms. The van der Waals surface area contributed by atoms with Crippen LogP contribution in [0, 0.1) is 0 Å². The molecule has 0 bridgehead atoms. The van der Waals surface area contributed by atoms with E-state index in [2.05, 4.69) is 0 Å². The first-order chi connectivity index (χ1) is 10.8. The summed E-state index contributed by atoms with van der Waals surface area (Å²) in [5.41, 5.74) is 1.48. The highest BCUT2D eigenvalue weighted by atomic mass is 16.6. The Morgan fingerprint density at radius 3 is 2.68 bits per heavy atom. The van der Waals surface area contributed by atoms with Gasteiger partial charge in [-0.1, -0.05) is 36.4 Å². The largest absolute Gasteiger partial charge is 0.493 e. The topological polar surface area (TPSA) is 44.8 Å². The van der Waals surface area contributed by atoms with Crippen LogP contribution >= 0.6 is 0 Å². The second-order valence-corrected chi connectivity index (χ2v) is 4.81. The minimum absolute atomic E-state index is 0.0468. The van der Waals surface area contributed by atoms with Gasteiger partial charge in [0.2, 0.25) is 5.75 Å². The van der Waals surface area contributed by atoms with E-state index in [9.17, 15) is 4.79 Å². The molecule has 0 unspecified atom stereocenters. The lowest BCUT2D eigenvalue weighted by molar-refractivity contribution is 0.104. The molecule has 1 heterocycles. The fourth-order valence-electron chi connectivity index (χ4n) is 2.26. The maximum absolute atomic E-state index is 12.1. The lowest BCUT2D eigenvalue weighted by Crippen LogP contribution is -2.16. The van der Waals surface area contributed by atoms with Gasteiger partial charge >= 0.3 is 0 Å². The van der Waals surface area contributed by atoms with Crippen molar-refractivity contribution in [2.75, 3.05) is 20.3 Å². The van der Waals surface area contributed by atoms with E-state index in [4.69, 9.17) is 14.2 Å². The van der Waals surface area contributed by atoms with Crippen LogP contribution in [0.15, 0.2) is 48.5 Å². The number of carbonyl (C=O) groups excluding carboxylic acids is 1. The van der Waals surface area contributed by atoms with E-state index in [1.54, 1.807) is 31.4 Å². The van der Waals surface area contributed by atoms with Gasteiger partial charge < -0.3 is 14.2 Å². The highest BCUT2D eigenvalue weighted by molar-refractivity contribution is 6.06. The third-order valence-corrected chi connectivity index (χ3v) is 3.34. The molecule has 0 saturated heterocycles. The van der Waals surface area contributed by atoms with E-state index in [0.29, 0.717) is 36.0 Å². The van der Waals surface area contributed by atoms with E-state index in [0.717, 1.165) is 5.56 Å².